The second kappa shape index (κ2) is 9.59. The van der Waals surface area contributed by atoms with Crippen molar-refractivity contribution in [3.8, 4) is 0 Å². The summed E-state index contributed by atoms with van der Waals surface area (Å²) in [6.07, 6.45) is -2.96. The van der Waals surface area contributed by atoms with Crippen LogP contribution >= 0.6 is 11.3 Å². The third-order valence-electron chi connectivity index (χ3n) is 4.85. The molecular weight excluding hydrogens is 467 g/mol. The van der Waals surface area contributed by atoms with Crippen LogP contribution in [0.15, 0.2) is 34.5 Å². The highest BCUT2D eigenvalue weighted by Crippen LogP contribution is 2.28. The van der Waals surface area contributed by atoms with Crippen LogP contribution in [0.4, 0.5) is 18.9 Å². The minimum atomic E-state index is -4.53. The lowest BCUT2D eigenvalue weighted by Crippen LogP contribution is -2.33. The van der Waals surface area contributed by atoms with Crippen LogP contribution in [0.5, 0.6) is 0 Å². The molecule has 1 saturated heterocycles. The largest absolute Gasteiger partial charge is 0.405 e. The van der Waals surface area contributed by atoms with Crippen LogP contribution in [0.2, 0.25) is 0 Å². The van der Waals surface area contributed by atoms with E-state index >= 15 is 0 Å². The number of benzene rings is 1. The number of hydrogen-bond acceptors (Lipinski definition) is 5. The molecule has 0 aliphatic carbocycles. The van der Waals surface area contributed by atoms with Gasteiger partial charge in [-0.05, 0) is 49.6 Å². The number of halogens is 3. The fraction of sp³-hybridized carbons (Fsp3) is 0.400. The van der Waals surface area contributed by atoms with E-state index in [4.69, 9.17) is 0 Å². The van der Waals surface area contributed by atoms with Crippen molar-refractivity contribution >= 4 is 38.9 Å². The summed E-state index contributed by atoms with van der Waals surface area (Å²) in [5.74, 6) is -1.35. The summed E-state index contributed by atoms with van der Waals surface area (Å²) in [6.45, 7) is 1.20. The molecule has 174 valence electrons. The van der Waals surface area contributed by atoms with Crippen LogP contribution in [0.25, 0.3) is 0 Å². The lowest BCUT2D eigenvalue weighted by molar-refractivity contribution is -0.123. The molecule has 32 heavy (non-hydrogen) atoms. The SMILES string of the molecule is Cc1ccc(C(=O)NCC(F)(F)F)cc1NC(=O)Cc1ccc(S(=O)(=O)N2CCCC2)s1. The summed E-state index contributed by atoms with van der Waals surface area (Å²) >= 11 is 1.03. The highest BCUT2D eigenvalue weighted by molar-refractivity contribution is 7.91. The van der Waals surface area contributed by atoms with Gasteiger partial charge in [-0.2, -0.15) is 17.5 Å². The quantitative estimate of drug-likeness (QED) is 0.624. The number of nitrogens with zero attached hydrogens (tertiary/aromatic N) is 1. The number of carbonyl (C=O) groups excluding carboxylic acids is 2. The number of aryl methyl sites for hydroxylation is 1. The zero-order chi connectivity index (χ0) is 23.5. The fourth-order valence-electron chi connectivity index (χ4n) is 3.18. The Bertz CT molecular complexity index is 1110. The van der Waals surface area contributed by atoms with Gasteiger partial charge < -0.3 is 10.6 Å². The Balaban J connectivity index is 1.65. The van der Waals surface area contributed by atoms with Gasteiger partial charge in [0.05, 0.1) is 6.42 Å². The van der Waals surface area contributed by atoms with Crippen molar-refractivity contribution in [2.24, 2.45) is 0 Å². The second-order valence-electron chi connectivity index (χ2n) is 7.38. The molecule has 0 radical (unpaired) electrons. The Hall–Kier alpha value is -2.44. The summed E-state index contributed by atoms with van der Waals surface area (Å²) in [7, 11) is -3.55. The number of nitrogens with one attached hydrogen (secondary N) is 2. The van der Waals surface area contributed by atoms with Gasteiger partial charge in [-0.25, -0.2) is 8.42 Å². The zero-order valence-electron chi connectivity index (χ0n) is 17.2. The Morgan fingerprint density at radius 2 is 1.81 bits per heavy atom. The predicted molar refractivity (Wildman–Crippen MR) is 114 cm³/mol. The molecule has 7 nitrogen and oxygen atoms in total. The van der Waals surface area contributed by atoms with Gasteiger partial charge in [-0.1, -0.05) is 6.07 Å². The average Bonchev–Trinajstić information content (AvgIpc) is 3.40. The molecule has 1 aliphatic rings. The molecular formula is C20H22F3N3O4S2. The number of alkyl halides is 3. The van der Waals surface area contributed by atoms with Crippen molar-refractivity contribution in [3.63, 3.8) is 0 Å². The van der Waals surface area contributed by atoms with Gasteiger partial charge in [0.25, 0.3) is 15.9 Å². The molecule has 1 aromatic heterocycles. The molecule has 1 aliphatic heterocycles. The van der Waals surface area contributed by atoms with Gasteiger partial charge >= 0.3 is 6.18 Å². The Kier molecular flexibility index (Phi) is 7.25. The minimum absolute atomic E-state index is 0.0229. The van der Waals surface area contributed by atoms with Gasteiger partial charge in [0.2, 0.25) is 5.91 Å². The molecule has 0 saturated carbocycles. The number of carbonyl (C=O) groups is 2. The monoisotopic (exact) mass is 489 g/mol. The second-order valence-corrected chi connectivity index (χ2v) is 10.7. The van der Waals surface area contributed by atoms with Gasteiger partial charge in [0.1, 0.15) is 10.8 Å². The molecule has 2 aromatic rings. The summed E-state index contributed by atoms with van der Waals surface area (Å²) in [5.41, 5.74) is 0.885. The van der Waals surface area contributed by atoms with Crippen molar-refractivity contribution in [3.05, 3.63) is 46.3 Å². The molecule has 1 aromatic carbocycles. The third kappa shape index (κ3) is 6.08. The number of amides is 2. The van der Waals surface area contributed by atoms with Crippen molar-refractivity contribution in [1.29, 1.82) is 0 Å². The van der Waals surface area contributed by atoms with E-state index in [9.17, 15) is 31.2 Å². The molecule has 12 heteroatoms. The van der Waals surface area contributed by atoms with Crippen LogP contribution in [-0.2, 0) is 21.2 Å². The molecule has 0 bridgehead atoms. The topological polar surface area (TPSA) is 95.6 Å². The maximum Gasteiger partial charge on any atom is 0.405 e. The van der Waals surface area contributed by atoms with Gasteiger partial charge in [-0.3, -0.25) is 9.59 Å². The molecule has 0 atom stereocenters. The Morgan fingerprint density at radius 1 is 1.12 bits per heavy atom. The van der Waals surface area contributed by atoms with Crippen LogP contribution in [-0.4, -0.2) is 50.3 Å². The minimum Gasteiger partial charge on any atom is -0.343 e. The van der Waals surface area contributed by atoms with E-state index in [0.717, 1.165) is 24.2 Å². The van der Waals surface area contributed by atoms with Gasteiger partial charge in [0.15, 0.2) is 0 Å². The van der Waals surface area contributed by atoms with E-state index in [0.29, 0.717) is 23.5 Å². The zero-order valence-corrected chi connectivity index (χ0v) is 18.8. The van der Waals surface area contributed by atoms with Crippen molar-refractivity contribution < 1.29 is 31.2 Å². The average molecular weight is 490 g/mol. The van der Waals surface area contributed by atoms with E-state index in [2.05, 4.69) is 5.32 Å². The fourth-order valence-corrected chi connectivity index (χ4v) is 6.21. The number of rotatable bonds is 7. The van der Waals surface area contributed by atoms with Crippen LogP contribution < -0.4 is 10.6 Å². The summed E-state index contributed by atoms with van der Waals surface area (Å²) in [6, 6.07) is 7.25. The maximum atomic E-state index is 12.6. The molecule has 1 fully saturated rings. The van der Waals surface area contributed by atoms with E-state index in [1.54, 1.807) is 18.3 Å². The normalized spacial score (nSPS) is 15.0. The summed E-state index contributed by atoms with van der Waals surface area (Å²) in [4.78, 5) is 25.0. The first-order valence-corrected chi connectivity index (χ1v) is 12.1. The third-order valence-corrected chi connectivity index (χ3v) is 8.31. The molecule has 0 spiro atoms. The number of thiophene rings is 1. The van der Waals surface area contributed by atoms with Crippen LogP contribution in [0.3, 0.4) is 0 Å². The van der Waals surface area contributed by atoms with Crippen LogP contribution in [0, 0.1) is 6.92 Å². The maximum absolute atomic E-state index is 12.6. The van der Waals surface area contributed by atoms with Crippen molar-refractivity contribution in [2.45, 2.75) is 36.6 Å². The standard InChI is InChI=1S/C20H22F3N3O4S2/c1-13-4-5-14(19(28)24-12-20(21,22)23)10-16(13)25-17(27)11-15-6-7-18(31-15)32(29,30)26-8-2-3-9-26/h4-7,10H,2-3,8-9,11-12H2,1H3,(H,24,28)(H,25,27). The first-order chi connectivity index (χ1) is 15.0. The van der Waals surface area contributed by atoms with E-state index in [1.165, 1.54) is 28.6 Å². The lowest BCUT2D eigenvalue weighted by atomic mass is 10.1. The molecule has 0 unspecified atom stereocenters. The molecule has 2 amide bonds. The van der Waals surface area contributed by atoms with Crippen LogP contribution in [0.1, 0.15) is 33.6 Å². The van der Waals surface area contributed by atoms with Gasteiger partial charge in [-0.15, -0.1) is 11.3 Å². The van der Waals surface area contributed by atoms with E-state index in [-0.39, 0.29) is 21.9 Å². The molecule has 2 N–H and O–H groups in total. The molecule has 2 heterocycles. The van der Waals surface area contributed by atoms with E-state index < -0.39 is 34.6 Å². The Labute approximate surface area is 187 Å². The van der Waals surface area contributed by atoms with Gasteiger partial charge in [0, 0.05) is 29.2 Å². The Morgan fingerprint density at radius 3 is 2.47 bits per heavy atom. The summed E-state index contributed by atoms with van der Waals surface area (Å²) in [5, 5.41) is 4.42. The highest BCUT2D eigenvalue weighted by atomic mass is 32.2. The highest BCUT2D eigenvalue weighted by Gasteiger charge is 2.29. The first kappa shape index (κ1) is 24.2. The smallest absolute Gasteiger partial charge is 0.343 e. The number of hydrogen-bond donors (Lipinski definition) is 2. The van der Waals surface area contributed by atoms with Crippen molar-refractivity contribution in [1.82, 2.24) is 9.62 Å². The van der Waals surface area contributed by atoms with E-state index in [1.807, 2.05) is 0 Å². The molecule has 3 rings (SSSR count). The number of anilines is 1. The van der Waals surface area contributed by atoms with Crippen molar-refractivity contribution in [2.75, 3.05) is 25.0 Å². The lowest BCUT2D eigenvalue weighted by Gasteiger charge is -2.13. The predicted octanol–water partition coefficient (Wildman–Crippen LogP) is 3.31. The first-order valence-electron chi connectivity index (χ1n) is 9.80. The number of sulfonamides is 1. The summed E-state index contributed by atoms with van der Waals surface area (Å²) < 4.78 is 63.8.